The number of ether oxygens (including phenoxy) is 5. The van der Waals surface area contributed by atoms with Gasteiger partial charge >= 0.3 is 0 Å². The van der Waals surface area contributed by atoms with Crippen LogP contribution in [0.2, 0.25) is 0 Å². The fourth-order valence-corrected chi connectivity index (χ4v) is 7.87. The normalized spacial score (nSPS) is 34.4. The van der Waals surface area contributed by atoms with Crippen molar-refractivity contribution in [1.29, 1.82) is 0 Å². The molecule has 3 aliphatic carbocycles. The monoisotopic (exact) mass is 588 g/mol. The zero-order valence-electron chi connectivity index (χ0n) is 24.0. The van der Waals surface area contributed by atoms with Gasteiger partial charge in [-0.15, -0.1) is 0 Å². The number of imide groups is 1. The number of rotatable bonds is 3. The molecule has 6 rings (SSSR count). The molecule has 13 heteroatoms. The average Bonchev–Trinajstić information content (AvgIpc) is 3.62. The van der Waals surface area contributed by atoms with Crippen molar-refractivity contribution >= 4 is 11.8 Å². The van der Waals surface area contributed by atoms with Crippen molar-refractivity contribution in [2.75, 3.05) is 47.6 Å². The lowest BCUT2D eigenvalue weighted by Gasteiger charge is -2.60. The topological polar surface area (TPSA) is 176 Å². The van der Waals surface area contributed by atoms with Gasteiger partial charge in [0.1, 0.15) is 22.8 Å². The van der Waals surface area contributed by atoms with Gasteiger partial charge in [0.25, 0.3) is 5.91 Å². The van der Waals surface area contributed by atoms with Crippen molar-refractivity contribution in [3.8, 4) is 5.75 Å². The lowest BCUT2D eigenvalue weighted by molar-refractivity contribution is -0.296. The third kappa shape index (κ3) is 3.43. The molecular weight excluding hydrogens is 552 g/mol. The number of aliphatic hydroxyl groups excluding tert-OH is 3. The Balaban J connectivity index is 1.71. The van der Waals surface area contributed by atoms with Gasteiger partial charge in [0, 0.05) is 18.4 Å². The standard InChI is InChI=1S/C29H36N2O11/c1-13-15-7-6-8-16(38-5)18(15)28(39-9-10-40-28)19-17(13)23(33)20-22(31(3)4)24(34)21(26(36)30-14(2)32)29(41-11-12-42-29)27(20,37)25(19)35/h6-8,13,17,20,22-23,33-35,37H,9-12H2,1-5H3,(H,30,32,36)/t13-,17+,20+,22-,23-,27-/m0/s1. The van der Waals surface area contributed by atoms with Gasteiger partial charge in [0.15, 0.2) is 5.60 Å². The molecular formula is C29H36N2O11. The Hall–Kier alpha value is -3.04. The zero-order chi connectivity index (χ0) is 30.4. The lowest BCUT2D eigenvalue weighted by atomic mass is 9.53. The maximum absolute atomic E-state index is 13.5. The summed E-state index contributed by atoms with van der Waals surface area (Å²) in [6.07, 6.45) is -1.46. The zero-order valence-corrected chi connectivity index (χ0v) is 24.0. The van der Waals surface area contributed by atoms with E-state index in [0.717, 1.165) is 12.5 Å². The average molecular weight is 589 g/mol. The Morgan fingerprint density at radius 1 is 1.07 bits per heavy atom. The van der Waals surface area contributed by atoms with E-state index in [1.807, 2.05) is 19.1 Å². The summed E-state index contributed by atoms with van der Waals surface area (Å²) < 4.78 is 30.2. The maximum atomic E-state index is 13.5. The first-order valence-corrected chi connectivity index (χ1v) is 13.9. The third-order valence-electron chi connectivity index (χ3n) is 9.33. The molecule has 2 saturated heterocycles. The van der Waals surface area contributed by atoms with Crippen molar-refractivity contribution in [2.24, 2.45) is 11.8 Å². The number of likely N-dealkylation sites (N-methyl/N-ethyl adjacent to an activating group) is 1. The largest absolute Gasteiger partial charge is 0.510 e. The van der Waals surface area contributed by atoms with Crippen LogP contribution in [-0.2, 0) is 34.3 Å². The van der Waals surface area contributed by atoms with E-state index >= 15 is 0 Å². The molecule has 13 nitrogen and oxygen atoms in total. The molecule has 42 heavy (non-hydrogen) atoms. The Morgan fingerprint density at radius 3 is 2.26 bits per heavy atom. The van der Waals surface area contributed by atoms with E-state index in [-0.39, 0.29) is 32.0 Å². The highest BCUT2D eigenvalue weighted by atomic mass is 16.8. The summed E-state index contributed by atoms with van der Waals surface area (Å²) in [5.74, 6) is -9.63. The van der Waals surface area contributed by atoms with Gasteiger partial charge in [0.2, 0.25) is 17.5 Å². The van der Waals surface area contributed by atoms with Gasteiger partial charge in [-0.3, -0.25) is 19.8 Å². The van der Waals surface area contributed by atoms with Crippen molar-refractivity contribution in [1.82, 2.24) is 10.2 Å². The third-order valence-corrected chi connectivity index (χ3v) is 9.33. The molecule has 2 fully saturated rings. The van der Waals surface area contributed by atoms with Crippen LogP contribution in [0.5, 0.6) is 5.75 Å². The number of hydrogen-bond donors (Lipinski definition) is 5. The van der Waals surface area contributed by atoms with Gasteiger partial charge in [-0.2, -0.15) is 0 Å². The molecule has 1 aromatic rings. The van der Waals surface area contributed by atoms with Crippen LogP contribution < -0.4 is 10.1 Å². The molecule has 2 spiro atoms. The number of aliphatic hydroxyl groups is 4. The molecule has 0 bridgehead atoms. The summed E-state index contributed by atoms with van der Waals surface area (Å²) in [7, 11) is 4.68. The predicted octanol–water partition coefficient (Wildman–Crippen LogP) is 0.324. The molecule has 0 aromatic heterocycles. The molecule has 2 heterocycles. The van der Waals surface area contributed by atoms with Crippen LogP contribution in [0.4, 0.5) is 0 Å². The molecule has 228 valence electrons. The predicted molar refractivity (Wildman–Crippen MR) is 143 cm³/mol. The summed E-state index contributed by atoms with van der Waals surface area (Å²) in [5, 5.41) is 51.5. The van der Waals surface area contributed by atoms with Gasteiger partial charge in [0.05, 0.1) is 57.2 Å². The second kappa shape index (κ2) is 9.74. The smallest absolute Gasteiger partial charge is 0.262 e. The molecule has 5 N–H and O–H groups in total. The number of carbonyl (C=O) groups excluding carboxylic acids is 2. The second-order valence-corrected chi connectivity index (χ2v) is 11.6. The number of nitrogens with one attached hydrogen (secondary N) is 1. The molecule has 2 aliphatic heterocycles. The van der Waals surface area contributed by atoms with Crippen molar-refractivity contribution in [3.05, 3.63) is 52.0 Å². The Bertz CT molecular complexity index is 1390. The summed E-state index contributed by atoms with van der Waals surface area (Å²) in [4.78, 5) is 27.0. The first-order chi connectivity index (χ1) is 19.9. The van der Waals surface area contributed by atoms with Gasteiger partial charge in [-0.25, -0.2) is 0 Å². The van der Waals surface area contributed by atoms with E-state index in [1.165, 1.54) is 12.0 Å². The number of hydrogen-bond acceptors (Lipinski definition) is 12. The van der Waals surface area contributed by atoms with Crippen molar-refractivity contribution in [2.45, 2.75) is 49.1 Å². The van der Waals surface area contributed by atoms with Crippen molar-refractivity contribution < 1.29 is 53.7 Å². The van der Waals surface area contributed by atoms with Gasteiger partial charge in [-0.05, 0) is 31.6 Å². The first kappa shape index (κ1) is 29.1. The Kier molecular flexibility index (Phi) is 6.74. The molecule has 1 aromatic carbocycles. The number of methoxy groups -OCH3 is 1. The van der Waals surface area contributed by atoms with E-state index in [2.05, 4.69) is 5.32 Å². The summed E-state index contributed by atoms with van der Waals surface area (Å²) in [5.41, 5.74) is -1.97. The Labute approximate surface area is 242 Å². The number of benzene rings is 1. The van der Waals surface area contributed by atoms with Crippen LogP contribution in [0.15, 0.2) is 40.9 Å². The fourth-order valence-electron chi connectivity index (χ4n) is 7.87. The van der Waals surface area contributed by atoms with Crippen LogP contribution in [-0.4, -0.2) is 108 Å². The number of amides is 2. The van der Waals surface area contributed by atoms with E-state index in [9.17, 15) is 30.0 Å². The minimum Gasteiger partial charge on any atom is -0.510 e. The molecule has 2 amide bonds. The summed E-state index contributed by atoms with van der Waals surface area (Å²) in [6.45, 7) is 3.01. The van der Waals surface area contributed by atoms with E-state index in [1.54, 1.807) is 20.2 Å². The molecule has 6 atom stereocenters. The minimum atomic E-state index is -2.67. The van der Waals surface area contributed by atoms with Crippen LogP contribution in [0, 0.1) is 11.8 Å². The van der Waals surface area contributed by atoms with E-state index in [0.29, 0.717) is 11.3 Å². The fraction of sp³-hybridized carbons (Fsp3) is 0.586. The van der Waals surface area contributed by atoms with Crippen LogP contribution in [0.1, 0.15) is 30.9 Å². The van der Waals surface area contributed by atoms with E-state index < -0.39 is 76.0 Å². The highest BCUT2D eigenvalue weighted by molar-refractivity contribution is 6.05. The highest BCUT2D eigenvalue weighted by Crippen LogP contribution is 2.65. The maximum Gasteiger partial charge on any atom is 0.262 e. The second-order valence-electron chi connectivity index (χ2n) is 11.6. The first-order valence-electron chi connectivity index (χ1n) is 13.9. The number of nitrogens with zero attached hydrogens (tertiary/aromatic N) is 1. The molecule has 5 aliphatic rings. The highest BCUT2D eigenvalue weighted by Gasteiger charge is 2.77. The minimum absolute atomic E-state index is 0.0412. The SMILES string of the molecule is COc1cccc2c1C1(OCCO1)C1=C(O)[C@@]3(O)[C@@H]([C@@H](O)[C@@H]1[C@H]2C)[C@H](N(C)C)C(O)=C(C(=O)NC(C)=O)C31OCCO1. The van der Waals surface area contributed by atoms with Crippen LogP contribution >= 0.6 is 0 Å². The van der Waals surface area contributed by atoms with Crippen LogP contribution in [0.3, 0.4) is 0 Å². The van der Waals surface area contributed by atoms with Gasteiger partial charge in [-0.1, -0.05) is 19.1 Å². The van der Waals surface area contributed by atoms with E-state index in [4.69, 9.17) is 23.7 Å². The van der Waals surface area contributed by atoms with Crippen LogP contribution in [0.25, 0.3) is 0 Å². The lowest BCUT2D eigenvalue weighted by Crippen LogP contribution is -2.75. The van der Waals surface area contributed by atoms with Gasteiger partial charge < -0.3 is 44.1 Å². The Morgan fingerprint density at radius 2 is 1.69 bits per heavy atom. The number of fused-ring (bicyclic) bond motifs is 6. The molecule has 0 radical (unpaired) electrons. The summed E-state index contributed by atoms with van der Waals surface area (Å²) in [6, 6.07) is 4.18. The quantitative estimate of drug-likeness (QED) is 0.327. The van der Waals surface area contributed by atoms with Crippen molar-refractivity contribution in [3.63, 3.8) is 0 Å². The summed E-state index contributed by atoms with van der Waals surface area (Å²) >= 11 is 0. The molecule has 0 unspecified atom stereocenters. The molecule has 0 saturated carbocycles. The number of carbonyl (C=O) groups is 2.